The molecule has 0 unspecified atom stereocenters. The van der Waals surface area contributed by atoms with E-state index in [4.69, 9.17) is 9.84 Å². The number of hydrogen-bond acceptors (Lipinski definition) is 4. The molecule has 17 heavy (non-hydrogen) atoms. The van der Waals surface area contributed by atoms with E-state index in [0.717, 1.165) is 6.42 Å². The number of hydrogen-bond donors (Lipinski definition) is 3. The van der Waals surface area contributed by atoms with Gasteiger partial charge in [-0.05, 0) is 26.7 Å². The first kappa shape index (κ1) is 16.2. The number of amides is 1. The van der Waals surface area contributed by atoms with Gasteiger partial charge < -0.3 is 20.3 Å². The first-order chi connectivity index (χ1) is 7.71. The van der Waals surface area contributed by atoms with Gasteiger partial charge in [0.25, 0.3) is 0 Å². The first-order valence-corrected chi connectivity index (χ1v) is 5.99. The second kappa shape index (κ2) is 6.81. The number of nitrogens with one attached hydrogen (secondary N) is 1. The molecule has 5 nitrogen and oxygen atoms in total. The van der Waals surface area contributed by atoms with E-state index in [0.29, 0.717) is 0 Å². The molecule has 0 aromatic carbocycles. The fraction of sp³-hybridized carbons (Fsp3) is 0.917. The average molecular weight is 247 g/mol. The third kappa shape index (κ3) is 6.48. The topological polar surface area (TPSA) is 78.8 Å². The van der Waals surface area contributed by atoms with Crippen molar-refractivity contribution < 1.29 is 19.7 Å². The second-order valence-corrected chi connectivity index (χ2v) is 5.31. The second-order valence-electron chi connectivity index (χ2n) is 5.31. The van der Waals surface area contributed by atoms with Gasteiger partial charge >= 0.3 is 6.09 Å². The van der Waals surface area contributed by atoms with Crippen LogP contribution in [0.3, 0.4) is 0 Å². The maximum Gasteiger partial charge on any atom is 0.407 e. The molecule has 0 saturated carbocycles. The lowest BCUT2D eigenvalue weighted by Gasteiger charge is -2.29. The van der Waals surface area contributed by atoms with Gasteiger partial charge in [0, 0.05) is 0 Å². The summed E-state index contributed by atoms with van der Waals surface area (Å²) in [6.07, 6.45) is -0.759. The van der Waals surface area contributed by atoms with Crippen molar-refractivity contribution >= 4 is 6.09 Å². The number of rotatable bonds is 5. The SMILES string of the molecule is CC[C@H](C)[C@@H](NC(=O)OC(C)(C)C)[C@@H](O)CO. The van der Waals surface area contributed by atoms with Crippen LogP contribution in [0.1, 0.15) is 41.0 Å². The summed E-state index contributed by atoms with van der Waals surface area (Å²) in [7, 11) is 0. The van der Waals surface area contributed by atoms with Crippen LogP contribution >= 0.6 is 0 Å². The zero-order chi connectivity index (χ0) is 13.6. The maximum atomic E-state index is 11.6. The molecular weight excluding hydrogens is 222 g/mol. The summed E-state index contributed by atoms with van der Waals surface area (Å²) in [5, 5.41) is 21.2. The molecule has 102 valence electrons. The molecule has 0 rings (SSSR count). The molecule has 0 aliphatic rings. The summed E-state index contributed by atoms with van der Waals surface area (Å²) < 4.78 is 5.11. The number of aliphatic hydroxyl groups is 2. The molecule has 0 aliphatic heterocycles. The van der Waals surface area contributed by atoms with E-state index >= 15 is 0 Å². The highest BCUT2D eigenvalue weighted by atomic mass is 16.6. The highest BCUT2D eigenvalue weighted by Gasteiger charge is 2.27. The van der Waals surface area contributed by atoms with E-state index in [1.807, 2.05) is 13.8 Å². The van der Waals surface area contributed by atoms with E-state index in [1.54, 1.807) is 20.8 Å². The molecule has 0 bridgehead atoms. The van der Waals surface area contributed by atoms with Gasteiger partial charge in [0.15, 0.2) is 0 Å². The third-order valence-corrected chi connectivity index (χ3v) is 2.54. The summed E-state index contributed by atoms with van der Waals surface area (Å²) >= 11 is 0. The molecule has 5 heteroatoms. The monoisotopic (exact) mass is 247 g/mol. The smallest absolute Gasteiger partial charge is 0.407 e. The summed E-state index contributed by atoms with van der Waals surface area (Å²) in [5.41, 5.74) is -0.575. The van der Waals surface area contributed by atoms with Crippen LogP contribution < -0.4 is 5.32 Å². The maximum absolute atomic E-state index is 11.6. The predicted octanol–water partition coefficient (Wildman–Crippen LogP) is 1.28. The zero-order valence-corrected chi connectivity index (χ0v) is 11.4. The van der Waals surface area contributed by atoms with Crippen LogP contribution in [0, 0.1) is 5.92 Å². The van der Waals surface area contributed by atoms with Crippen LogP contribution in [0.25, 0.3) is 0 Å². The van der Waals surface area contributed by atoms with Crippen LogP contribution in [0.4, 0.5) is 4.79 Å². The lowest BCUT2D eigenvalue weighted by Crippen LogP contribution is -2.50. The Labute approximate surface area is 103 Å². The van der Waals surface area contributed by atoms with Gasteiger partial charge in [-0.1, -0.05) is 20.3 Å². The van der Waals surface area contributed by atoms with Crippen LogP contribution in [0.2, 0.25) is 0 Å². The summed E-state index contributed by atoms with van der Waals surface area (Å²) in [5.74, 6) is 0.0599. The minimum absolute atomic E-state index is 0.0599. The van der Waals surface area contributed by atoms with Gasteiger partial charge in [-0.2, -0.15) is 0 Å². The Morgan fingerprint density at radius 1 is 1.41 bits per heavy atom. The molecule has 0 radical (unpaired) electrons. The lowest BCUT2D eigenvalue weighted by molar-refractivity contribution is 0.0218. The van der Waals surface area contributed by atoms with Crippen LogP contribution in [-0.4, -0.2) is 40.7 Å². The normalized spacial score (nSPS) is 17.1. The lowest BCUT2D eigenvalue weighted by atomic mass is 9.95. The van der Waals surface area contributed by atoms with Crippen molar-refractivity contribution in [2.24, 2.45) is 5.92 Å². The fourth-order valence-corrected chi connectivity index (χ4v) is 1.43. The standard InChI is InChI=1S/C12H25NO4/c1-6-8(2)10(9(15)7-14)13-11(16)17-12(3,4)5/h8-10,14-15H,6-7H2,1-5H3,(H,13,16)/t8-,9-,10+/m0/s1. The molecule has 3 N–H and O–H groups in total. The number of ether oxygens (including phenoxy) is 1. The van der Waals surface area contributed by atoms with Gasteiger partial charge in [0.05, 0.1) is 18.8 Å². The summed E-state index contributed by atoms with van der Waals surface area (Å²) in [6.45, 7) is 8.79. The van der Waals surface area contributed by atoms with E-state index in [9.17, 15) is 9.90 Å². The molecule has 1 amide bonds. The minimum atomic E-state index is -0.975. The van der Waals surface area contributed by atoms with Gasteiger partial charge in [-0.3, -0.25) is 0 Å². The molecule has 0 aromatic rings. The Morgan fingerprint density at radius 3 is 2.29 bits per heavy atom. The predicted molar refractivity (Wildman–Crippen MR) is 65.7 cm³/mol. The van der Waals surface area contributed by atoms with Crippen molar-refractivity contribution in [3.05, 3.63) is 0 Å². The Hall–Kier alpha value is -0.810. The number of aliphatic hydroxyl groups excluding tert-OH is 2. The van der Waals surface area contributed by atoms with E-state index in [1.165, 1.54) is 0 Å². The Balaban J connectivity index is 4.48. The molecule has 0 aromatic heterocycles. The van der Waals surface area contributed by atoms with Crippen molar-refractivity contribution in [2.45, 2.75) is 58.8 Å². The van der Waals surface area contributed by atoms with Crippen LogP contribution in [0.15, 0.2) is 0 Å². The molecule has 0 spiro atoms. The largest absolute Gasteiger partial charge is 0.444 e. The van der Waals surface area contributed by atoms with Crippen LogP contribution in [0.5, 0.6) is 0 Å². The molecule has 0 fully saturated rings. The highest BCUT2D eigenvalue weighted by molar-refractivity contribution is 5.68. The zero-order valence-electron chi connectivity index (χ0n) is 11.4. The van der Waals surface area contributed by atoms with Gasteiger partial charge in [0.2, 0.25) is 0 Å². The number of carbonyl (C=O) groups excluding carboxylic acids is 1. The Kier molecular flexibility index (Phi) is 6.49. The third-order valence-electron chi connectivity index (χ3n) is 2.54. The van der Waals surface area contributed by atoms with E-state index in [2.05, 4.69) is 5.32 Å². The molecular formula is C12H25NO4. The Bertz CT molecular complexity index is 227. The summed E-state index contributed by atoms with van der Waals surface area (Å²) in [6, 6.07) is -0.500. The van der Waals surface area contributed by atoms with E-state index in [-0.39, 0.29) is 12.5 Å². The number of alkyl carbamates (subject to hydrolysis) is 1. The van der Waals surface area contributed by atoms with Crippen molar-refractivity contribution in [3.8, 4) is 0 Å². The van der Waals surface area contributed by atoms with Crippen molar-refractivity contribution in [3.63, 3.8) is 0 Å². The Morgan fingerprint density at radius 2 is 1.94 bits per heavy atom. The summed E-state index contributed by atoms with van der Waals surface area (Å²) in [4.78, 5) is 11.6. The average Bonchev–Trinajstić information content (AvgIpc) is 2.21. The first-order valence-electron chi connectivity index (χ1n) is 5.99. The van der Waals surface area contributed by atoms with Crippen molar-refractivity contribution in [2.75, 3.05) is 6.61 Å². The van der Waals surface area contributed by atoms with Gasteiger partial charge in [0.1, 0.15) is 5.60 Å². The fourth-order valence-electron chi connectivity index (χ4n) is 1.43. The molecule has 0 heterocycles. The van der Waals surface area contributed by atoms with Gasteiger partial charge in [-0.25, -0.2) is 4.79 Å². The quantitative estimate of drug-likeness (QED) is 0.684. The molecule has 3 atom stereocenters. The van der Waals surface area contributed by atoms with Crippen LogP contribution in [-0.2, 0) is 4.74 Å². The minimum Gasteiger partial charge on any atom is -0.444 e. The number of carbonyl (C=O) groups is 1. The van der Waals surface area contributed by atoms with E-state index < -0.39 is 23.8 Å². The van der Waals surface area contributed by atoms with Gasteiger partial charge in [-0.15, -0.1) is 0 Å². The molecule has 0 aliphatic carbocycles. The molecule has 0 saturated heterocycles. The van der Waals surface area contributed by atoms with Crippen molar-refractivity contribution in [1.82, 2.24) is 5.32 Å². The highest BCUT2D eigenvalue weighted by Crippen LogP contribution is 2.13. The van der Waals surface area contributed by atoms with Crippen molar-refractivity contribution in [1.29, 1.82) is 0 Å².